The van der Waals surface area contributed by atoms with Crippen molar-refractivity contribution in [2.24, 2.45) is 0 Å². The van der Waals surface area contributed by atoms with Crippen LogP contribution in [0, 0.1) is 5.82 Å². The lowest BCUT2D eigenvalue weighted by Gasteiger charge is -2.08. The van der Waals surface area contributed by atoms with Crippen molar-refractivity contribution in [3.05, 3.63) is 53.6 Å². The highest BCUT2D eigenvalue weighted by Gasteiger charge is 2.11. The minimum atomic E-state index is -0.538. The Balaban J connectivity index is 1.58. The number of fused-ring (bicyclic) bond motifs is 1. The average Bonchev–Trinajstić information content (AvgIpc) is 2.98. The molecule has 104 valence electrons. The fourth-order valence-corrected chi connectivity index (χ4v) is 3.51. The molecule has 2 heterocycles. The lowest BCUT2D eigenvalue weighted by molar-refractivity contribution is 0.199. The molecule has 1 aromatic carbocycles. The zero-order valence-corrected chi connectivity index (χ0v) is 12.2. The number of hydrogen-bond donors (Lipinski definition) is 1. The Morgan fingerprint density at radius 1 is 1.40 bits per heavy atom. The van der Waals surface area contributed by atoms with Gasteiger partial charge in [0.1, 0.15) is 5.82 Å². The van der Waals surface area contributed by atoms with E-state index in [1.54, 1.807) is 29.5 Å². The van der Waals surface area contributed by atoms with E-state index in [1.807, 2.05) is 22.2 Å². The molecule has 0 bridgehead atoms. The van der Waals surface area contributed by atoms with Crippen molar-refractivity contribution in [3.63, 3.8) is 0 Å². The molecule has 0 saturated carbocycles. The van der Waals surface area contributed by atoms with E-state index in [2.05, 4.69) is 4.98 Å². The second-order valence-corrected chi connectivity index (χ2v) is 6.36. The fraction of sp³-hybridized carbons (Fsp3) is 0.214. The van der Waals surface area contributed by atoms with E-state index >= 15 is 0 Å². The van der Waals surface area contributed by atoms with Crippen LogP contribution in [0.3, 0.4) is 0 Å². The molecule has 0 radical (unpaired) electrons. The van der Waals surface area contributed by atoms with Gasteiger partial charge in [-0.05, 0) is 12.1 Å². The first-order valence-corrected chi connectivity index (χ1v) is 8.05. The Kier molecular flexibility index (Phi) is 4.05. The minimum absolute atomic E-state index is 0.243. The zero-order chi connectivity index (χ0) is 13.9. The van der Waals surface area contributed by atoms with Gasteiger partial charge in [0.25, 0.3) is 0 Å². The molecule has 3 nitrogen and oxygen atoms in total. The van der Waals surface area contributed by atoms with Gasteiger partial charge in [0.05, 0.1) is 11.8 Å². The molecule has 0 amide bonds. The van der Waals surface area contributed by atoms with Crippen LogP contribution in [0.1, 0.15) is 5.69 Å². The summed E-state index contributed by atoms with van der Waals surface area (Å²) in [4.78, 5) is 5.92. The second-order valence-electron chi connectivity index (χ2n) is 4.42. The van der Waals surface area contributed by atoms with E-state index in [4.69, 9.17) is 0 Å². The summed E-state index contributed by atoms with van der Waals surface area (Å²) in [5, 5.41) is 12.0. The molecular weight excluding hydrogens is 295 g/mol. The molecule has 2 aromatic heterocycles. The van der Waals surface area contributed by atoms with Crippen LogP contribution in [0.5, 0.6) is 0 Å². The predicted octanol–water partition coefficient (Wildman–Crippen LogP) is 3.23. The van der Waals surface area contributed by atoms with Gasteiger partial charge in [-0.1, -0.05) is 12.1 Å². The average molecular weight is 308 g/mol. The highest BCUT2D eigenvalue weighted by molar-refractivity contribution is 7.99. The molecule has 20 heavy (non-hydrogen) atoms. The van der Waals surface area contributed by atoms with Gasteiger partial charge in [-0.3, -0.25) is 4.40 Å². The molecule has 3 rings (SSSR count). The third-order valence-corrected chi connectivity index (χ3v) is 4.82. The molecule has 0 aliphatic heterocycles. The summed E-state index contributed by atoms with van der Waals surface area (Å²) in [6.07, 6.45) is 3.81. The lowest BCUT2D eigenvalue weighted by atomic mass is 10.2. The van der Waals surface area contributed by atoms with Crippen molar-refractivity contribution in [1.29, 1.82) is 0 Å². The Morgan fingerprint density at radius 2 is 2.25 bits per heavy atom. The Hall–Kier alpha value is -1.37. The number of benzene rings is 1. The van der Waals surface area contributed by atoms with Gasteiger partial charge < -0.3 is 5.11 Å². The van der Waals surface area contributed by atoms with E-state index in [0.29, 0.717) is 17.1 Å². The summed E-state index contributed by atoms with van der Waals surface area (Å²) < 4.78 is 15.4. The van der Waals surface area contributed by atoms with Crippen LogP contribution in [0.2, 0.25) is 0 Å². The van der Waals surface area contributed by atoms with Crippen LogP contribution in [0.4, 0.5) is 4.39 Å². The number of halogens is 1. The molecular formula is C14H13FN2OS2. The topological polar surface area (TPSA) is 37.5 Å². The summed E-state index contributed by atoms with van der Waals surface area (Å²) in [7, 11) is 0. The van der Waals surface area contributed by atoms with Crippen molar-refractivity contribution < 1.29 is 9.50 Å². The largest absolute Gasteiger partial charge is 0.392 e. The van der Waals surface area contributed by atoms with Crippen molar-refractivity contribution in [1.82, 2.24) is 9.38 Å². The maximum atomic E-state index is 13.4. The van der Waals surface area contributed by atoms with Gasteiger partial charge >= 0.3 is 0 Å². The summed E-state index contributed by atoms with van der Waals surface area (Å²) in [6.45, 7) is 0. The van der Waals surface area contributed by atoms with E-state index in [9.17, 15) is 9.50 Å². The van der Waals surface area contributed by atoms with Crippen molar-refractivity contribution in [3.8, 4) is 0 Å². The van der Waals surface area contributed by atoms with Crippen molar-refractivity contribution in [2.45, 2.75) is 17.4 Å². The predicted molar refractivity (Wildman–Crippen MR) is 79.9 cm³/mol. The molecule has 0 fully saturated rings. The van der Waals surface area contributed by atoms with Crippen LogP contribution in [0.25, 0.3) is 4.96 Å². The summed E-state index contributed by atoms with van der Waals surface area (Å²) in [5.74, 6) is 0.207. The number of hydrogen-bond acceptors (Lipinski definition) is 4. The third kappa shape index (κ3) is 3.03. The summed E-state index contributed by atoms with van der Waals surface area (Å²) in [6, 6.07) is 6.60. The van der Waals surface area contributed by atoms with Crippen LogP contribution in [-0.2, 0) is 6.42 Å². The fourth-order valence-electron chi connectivity index (χ4n) is 1.92. The highest BCUT2D eigenvalue weighted by atomic mass is 32.2. The maximum absolute atomic E-state index is 13.4. The SMILES string of the molecule is OC(CSc1ccccc1F)Cc1cn2ccsc2n1. The van der Waals surface area contributed by atoms with Crippen LogP contribution in [0.15, 0.2) is 46.9 Å². The first-order chi connectivity index (χ1) is 9.72. The van der Waals surface area contributed by atoms with E-state index in [-0.39, 0.29) is 5.82 Å². The smallest absolute Gasteiger partial charge is 0.193 e. The number of aliphatic hydroxyl groups is 1. The van der Waals surface area contributed by atoms with Crippen LogP contribution >= 0.6 is 23.1 Å². The number of aliphatic hydroxyl groups excluding tert-OH is 1. The second kappa shape index (κ2) is 5.95. The first-order valence-electron chi connectivity index (χ1n) is 6.19. The summed E-state index contributed by atoms with van der Waals surface area (Å²) >= 11 is 2.89. The third-order valence-electron chi connectivity index (χ3n) is 2.86. The van der Waals surface area contributed by atoms with Crippen LogP contribution < -0.4 is 0 Å². The van der Waals surface area contributed by atoms with E-state index < -0.39 is 6.10 Å². The number of thiazole rings is 1. The molecule has 0 saturated heterocycles. The van der Waals surface area contributed by atoms with Crippen molar-refractivity contribution in [2.75, 3.05) is 5.75 Å². The quantitative estimate of drug-likeness (QED) is 0.735. The highest BCUT2D eigenvalue weighted by Crippen LogP contribution is 2.22. The lowest BCUT2D eigenvalue weighted by Crippen LogP contribution is -2.13. The Morgan fingerprint density at radius 3 is 3.05 bits per heavy atom. The van der Waals surface area contributed by atoms with Gasteiger partial charge in [-0.25, -0.2) is 9.37 Å². The van der Waals surface area contributed by atoms with E-state index in [0.717, 1.165) is 10.7 Å². The van der Waals surface area contributed by atoms with Gasteiger partial charge in [-0.2, -0.15) is 0 Å². The zero-order valence-electron chi connectivity index (χ0n) is 10.6. The van der Waals surface area contributed by atoms with E-state index in [1.165, 1.54) is 17.8 Å². The molecule has 1 atom stereocenters. The molecule has 6 heteroatoms. The molecule has 1 unspecified atom stereocenters. The van der Waals surface area contributed by atoms with Gasteiger partial charge in [0.15, 0.2) is 4.96 Å². The van der Waals surface area contributed by atoms with Crippen molar-refractivity contribution >= 4 is 28.1 Å². The van der Waals surface area contributed by atoms with Gasteiger partial charge in [0, 0.05) is 34.8 Å². The molecule has 3 aromatic rings. The molecule has 0 aliphatic rings. The molecule has 0 aliphatic carbocycles. The Labute approximate surface area is 124 Å². The Bertz CT molecular complexity index is 681. The normalized spacial score (nSPS) is 12.9. The number of aromatic nitrogens is 2. The number of imidazole rings is 1. The molecule has 0 spiro atoms. The minimum Gasteiger partial charge on any atom is -0.392 e. The van der Waals surface area contributed by atoms with Crippen LogP contribution in [-0.4, -0.2) is 26.3 Å². The maximum Gasteiger partial charge on any atom is 0.193 e. The number of rotatable bonds is 5. The number of thioether (sulfide) groups is 1. The molecule has 1 N–H and O–H groups in total. The number of nitrogens with zero attached hydrogens (tertiary/aromatic N) is 2. The standard InChI is InChI=1S/C14H13FN2OS2/c15-12-3-1-2-4-13(12)20-9-11(18)7-10-8-17-5-6-19-14(17)16-10/h1-6,8,11,18H,7,9H2. The first kappa shape index (κ1) is 13.6. The van der Waals surface area contributed by atoms with Gasteiger partial charge in [0.2, 0.25) is 0 Å². The monoisotopic (exact) mass is 308 g/mol. The summed E-state index contributed by atoms with van der Waals surface area (Å²) in [5.41, 5.74) is 0.860. The van der Waals surface area contributed by atoms with Gasteiger partial charge in [-0.15, -0.1) is 23.1 Å².